The first-order valence-corrected chi connectivity index (χ1v) is 8.86. The van der Waals surface area contributed by atoms with E-state index < -0.39 is 0 Å². The standard InChI is InChI=1S/C20H22FN5O2/c1-25(2)9-8-22-19(27)13-26-12-16(11-23-26)24-20(28)18-5-3-4-14-10-15(21)6-7-17(14)18/h3-7,10-12H,8-9,13H2,1-2H3,(H,22,27)(H,24,28). The third kappa shape index (κ3) is 4.92. The number of hydrogen-bond donors (Lipinski definition) is 2. The quantitative estimate of drug-likeness (QED) is 0.655. The maximum absolute atomic E-state index is 13.4. The van der Waals surface area contributed by atoms with Crippen molar-refractivity contribution in [1.29, 1.82) is 0 Å². The average Bonchev–Trinajstić information content (AvgIpc) is 3.07. The van der Waals surface area contributed by atoms with E-state index in [9.17, 15) is 14.0 Å². The Morgan fingerprint density at radius 1 is 1.21 bits per heavy atom. The van der Waals surface area contributed by atoms with Crippen molar-refractivity contribution in [3.8, 4) is 0 Å². The van der Waals surface area contributed by atoms with E-state index in [0.717, 1.165) is 6.54 Å². The van der Waals surface area contributed by atoms with Gasteiger partial charge in [0, 0.05) is 24.8 Å². The number of nitrogens with zero attached hydrogens (tertiary/aromatic N) is 3. The highest BCUT2D eigenvalue weighted by molar-refractivity contribution is 6.12. The molecule has 146 valence electrons. The number of nitrogens with one attached hydrogen (secondary N) is 2. The van der Waals surface area contributed by atoms with Crippen LogP contribution in [0.5, 0.6) is 0 Å². The van der Waals surface area contributed by atoms with Crippen molar-refractivity contribution in [1.82, 2.24) is 20.0 Å². The lowest BCUT2D eigenvalue weighted by Gasteiger charge is -2.10. The van der Waals surface area contributed by atoms with Gasteiger partial charge in [0.25, 0.3) is 5.91 Å². The molecule has 3 rings (SSSR count). The molecule has 0 fully saturated rings. The maximum Gasteiger partial charge on any atom is 0.256 e. The molecule has 0 unspecified atom stereocenters. The second kappa shape index (κ2) is 8.62. The van der Waals surface area contributed by atoms with Gasteiger partial charge < -0.3 is 15.5 Å². The first kappa shape index (κ1) is 19.5. The third-order valence-corrected chi connectivity index (χ3v) is 4.16. The van der Waals surface area contributed by atoms with Gasteiger partial charge >= 0.3 is 0 Å². The van der Waals surface area contributed by atoms with Crippen LogP contribution in [0, 0.1) is 5.82 Å². The molecule has 7 nitrogen and oxygen atoms in total. The normalized spacial score (nSPS) is 11.0. The van der Waals surface area contributed by atoms with Gasteiger partial charge in [0.1, 0.15) is 12.4 Å². The molecule has 0 saturated heterocycles. The van der Waals surface area contributed by atoms with E-state index >= 15 is 0 Å². The van der Waals surface area contributed by atoms with E-state index in [-0.39, 0.29) is 24.2 Å². The summed E-state index contributed by atoms with van der Waals surface area (Å²) in [7, 11) is 3.86. The van der Waals surface area contributed by atoms with Crippen LogP contribution in [-0.4, -0.2) is 53.7 Å². The van der Waals surface area contributed by atoms with E-state index in [1.807, 2.05) is 19.0 Å². The molecule has 28 heavy (non-hydrogen) atoms. The second-order valence-electron chi connectivity index (χ2n) is 6.70. The minimum absolute atomic E-state index is 0.0663. The fraction of sp³-hybridized carbons (Fsp3) is 0.250. The summed E-state index contributed by atoms with van der Waals surface area (Å²) in [5.74, 6) is -0.832. The van der Waals surface area contributed by atoms with Gasteiger partial charge in [-0.15, -0.1) is 0 Å². The SMILES string of the molecule is CN(C)CCNC(=O)Cn1cc(NC(=O)c2cccc3cc(F)ccc23)cn1. The Balaban J connectivity index is 1.64. The zero-order valence-corrected chi connectivity index (χ0v) is 15.8. The molecule has 1 aromatic heterocycles. The smallest absolute Gasteiger partial charge is 0.256 e. The van der Waals surface area contributed by atoms with Gasteiger partial charge in [-0.25, -0.2) is 4.39 Å². The Labute approximate surface area is 162 Å². The van der Waals surface area contributed by atoms with E-state index in [4.69, 9.17) is 0 Å². The number of carbonyl (C=O) groups is 2. The topological polar surface area (TPSA) is 79.3 Å². The van der Waals surface area contributed by atoms with Crippen LogP contribution in [-0.2, 0) is 11.3 Å². The second-order valence-corrected chi connectivity index (χ2v) is 6.70. The predicted octanol–water partition coefficient (Wildman–Crippen LogP) is 2.11. The Kier molecular flexibility index (Phi) is 6.00. The summed E-state index contributed by atoms with van der Waals surface area (Å²) in [5.41, 5.74) is 0.914. The molecule has 3 aromatic rings. The zero-order valence-electron chi connectivity index (χ0n) is 15.8. The van der Waals surface area contributed by atoms with Crippen molar-refractivity contribution in [2.24, 2.45) is 0 Å². The van der Waals surface area contributed by atoms with E-state index in [0.29, 0.717) is 28.6 Å². The number of aromatic nitrogens is 2. The molecule has 2 aromatic carbocycles. The van der Waals surface area contributed by atoms with Crippen molar-refractivity contribution in [2.45, 2.75) is 6.54 Å². The van der Waals surface area contributed by atoms with Gasteiger partial charge in [0.05, 0.1) is 11.9 Å². The first-order chi connectivity index (χ1) is 13.4. The lowest BCUT2D eigenvalue weighted by atomic mass is 10.0. The van der Waals surface area contributed by atoms with Crippen LogP contribution in [0.2, 0.25) is 0 Å². The van der Waals surface area contributed by atoms with Crippen molar-refractivity contribution in [3.63, 3.8) is 0 Å². The van der Waals surface area contributed by atoms with Crippen LogP contribution >= 0.6 is 0 Å². The fourth-order valence-electron chi connectivity index (χ4n) is 2.79. The van der Waals surface area contributed by atoms with Gasteiger partial charge in [-0.2, -0.15) is 5.10 Å². The summed E-state index contributed by atoms with van der Waals surface area (Å²) in [4.78, 5) is 26.5. The summed E-state index contributed by atoms with van der Waals surface area (Å²) < 4.78 is 14.9. The molecule has 0 aliphatic heterocycles. The molecule has 1 heterocycles. The Hall–Kier alpha value is -3.26. The molecule has 0 bridgehead atoms. The zero-order chi connectivity index (χ0) is 20.1. The van der Waals surface area contributed by atoms with Crippen LogP contribution in [0.25, 0.3) is 10.8 Å². The molecule has 0 spiro atoms. The van der Waals surface area contributed by atoms with Gasteiger partial charge in [0.15, 0.2) is 0 Å². The highest BCUT2D eigenvalue weighted by atomic mass is 19.1. The van der Waals surface area contributed by atoms with E-state index in [2.05, 4.69) is 15.7 Å². The number of halogens is 1. The predicted molar refractivity (Wildman–Crippen MR) is 106 cm³/mol. The van der Waals surface area contributed by atoms with Crippen LogP contribution < -0.4 is 10.6 Å². The third-order valence-electron chi connectivity index (χ3n) is 4.16. The number of likely N-dealkylation sites (N-methyl/N-ethyl adjacent to an activating group) is 1. The Bertz CT molecular complexity index is 999. The van der Waals surface area contributed by atoms with Crippen molar-refractivity contribution in [2.75, 3.05) is 32.5 Å². The van der Waals surface area contributed by atoms with Crippen LogP contribution in [0.15, 0.2) is 48.8 Å². The van der Waals surface area contributed by atoms with Gasteiger partial charge in [-0.1, -0.05) is 18.2 Å². The molecule has 0 radical (unpaired) electrons. The van der Waals surface area contributed by atoms with Crippen LogP contribution in [0.1, 0.15) is 10.4 Å². The summed E-state index contributed by atoms with van der Waals surface area (Å²) >= 11 is 0. The number of hydrogen-bond acceptors (Lipinski definition) is 4. The average molecular weight is 383 g/mol. The van der Waals surface area contributed by atoms with E-state index in [1.54, 1.807) is 30.5 Å². The monoisotopic (exact) mass is 383 g/mol. The lowest BCUT2D eigenvalue weighted by molar-refractivity contribution is -0.121. The van der Waals surface area contributed by atoms with E-state index in [1.165, 1.54) is 23.0 Å². The van der Waals surface area contributed by atoms with Crippen LogP contribution in [0.4, 0.5) is 10.1 Å². The van der Waals surface area contributed by atoms with Crippen LogP contribution in [0.3, 0.4) is 0 Å². The molecule has 8 heteroatoms. The molecule has 2 amide bonds. The minimum atomic E-state index is -0.352. The maximum atomic E-state index is 13.4. The molecular formula is C20H22FN5O2. The molecule has 2 N–H and O–H groups in total. The van der Waals surface area contributed by atoms with Gasteiger partial charge in [-0.05, 0) is 43.1 Å². The number of amides is 2. The highest BCUT2D eigenvalue weighted by Gasteiger charge is 2.12. The summed E-state index contributed by atoms with van der Waals surface area (Å²) in [5, 5.41) is 11.0. The van der Waals surface area contributed by atoms with Gasteiger partial charge in [0.2, 0.25) is 5.91 Å². The largest absolute Gasteiger partial charge is 0.353 e. The van der Waals surface area contributed by atoms with Crippen molar-refractivity contribution >= 4 is 28.3 Å². The molecule has 0 saturated carbocycles. The molecule has 0 aliphatic rings. The highest BCUT2D eigenvalue weighted by Crippen LogP contribution is 2.21. The molecule has 0 aliphatic carbocycles. The number of benzene rings is 2. The number of carbonyl (C=O) groups excluding carboxylic acids is 2. The minimum Gasteiger partial charge on any atom is -0.353 e. The summed E-state index contributed by atoms with van der Waals surface area (Å²) in [6.07, 6.45) is 3.07. The van der Waals surface area contributed by atoms with Gasteiger partial charge in [-0.3, -0.25) is 14.3 Å². The fourth-order valence-corrected chi connectivity index (χ4v) is 2.79. The number of fused-ring (bicyclic) bond motifs is 1. The lowest BCUT2D eigenvalue weighted by Crippen LogP contribution is -2.33. The number of anilines is 1. The Morgan fingerprint density at radius 3 is 2.82 bits per heavy atom. The number of rotatable bonds is 7. The molecular weight excluding hydrogens is 361 g/mol. The van der Waals surface area contributed by atoms with Crippen molar-refractivity contribution < 1.29 is 14.0 Å². The summed E-state index contributed by atoms with van der Waals surface area (Å²) in [6.45, 7) is 1.37. The Morgan fingerprint density at radius 2 is 2.04 bits per heavy atom. The molecule has 0 atom stereocenters. The summed E-state index contributed by atoms with van der Waals surface area (Å²) in [6, 6.07) is 9.44. The first-order valence-electron chi connectivity index (χ1n) is 8.86. The van der Waals surface area contributed by atoms with Crippen molar-refractivity contribution in [3.05, 3.63) is 60.2 Å².